The summed E-state index contributed by atoms with van der Waals surface area (Å²) in [5.41, 5.74) is 7.75. The molecule has 0 saturated carbocycles. The van der Waals surface area contributed by atoms with Crippen LogP contribution in [0.2, 0.25) is 5.02 Å². The van der Waals surface area contributed by atoms with E-state index in [0.717, 1.165) is 5.56 Å². The molecule has 2 aromatic rings. The van der Waals surface area contributed by atoms with E-state index in [2.05, 4.69) is 64.2 Å². The molecule has 2 rings (SSSR count). The molecule has 31 heavy (non-hydrogen) atoms. The second-order valence-corrected chi connectivity index (χ2v) is 9.22. The van der Waals surface area contributed by atoms with Gasteiger partial charge in [-0.1, -0.05) is 70.5 Å². The summed E-state index contributed by atoms with van der Waals surface area (Å²) in [7, 11) is 1.43. The van der Waals surface area contributed by atoms with Crippen LogP contribution in [0.1, 0.15) is 62.1 Å². The van der Waals surface area contributed by atoms with Gasteiger partial charge >= 0.3 is 0 Å². The lowest BCUT2D eigenvalue weighted by atomic mass is 9.85. The number of hydrogen-bond acceptors (Lipinski definition) is 4. The number of halogens is 1. The van der Waals surface area contributed by atoms with Crippen LogP contribution < -0.4 is 20.5 Å². The van der Waals surface area contributed by atoms with Crippen LogP contribution in [0, 0.1) is 5.92 Å². The van der Waals surface area contributed by atoms with Crippen molar-refractivity contribution >= 4 is 23.4 Å². The molecule has 0 aliphatic rings. The third-order valence-electron chi connectivity index (χ3n) is 4.94. The standard InChI is InChI=1S/C24H31ClN2O4/c1-14(2)21(15-7-9-17(10-8-15)24(3,4)5)27-23(29)16-11-18(25)22(19(12-16)30-6)31-13-20(26)28/h7-12,14,21H,13H2,1-6H3,(H2,26,28)(H,27,29). The van der Waals surface area contributed by atoms with Crippen LogP contribution in [0.5, 0.6) is 11.5 Å². The summed E-state index contributed by atoms with van der Waals surface area (Å²) in [6.07, 6.45) is 0. The molecular weight excluding hydrogens is 416 g/mol. The van der Waals surface area contributed by atoms with Crippen molar-refractivity contribution in [2.45, 2.75) is 46.1 Å². The summed E-state index contributed by atoms with van der Waals surface area (Å²) in [6.45, 7) is 10.3. The third kappa shape index (κ3) is 6.37. The summed E-state index contributed by atoms with van der Waals surface area (Å²) >= 11 is 6.28. The second kappa shape index (κ2) is 10.1. The Morgan fingerprint density at radius 2 is 1.74 bits per heavy atom. The topological polar surface area (TPSA) is 90.7 Å². The van der Waals surface area contributed by atoms with E-state index in [0.29, 0.717) is 5.56 Å². The van der Waals surface area contributed by atoms with Crippen LogP contribution in [0.15, 0.2) is 36.4 Å². The van der Waals surface area contributed by atoms with Crippen molar-refractivity contribution in [3.05, 3.63) is 58.1 Å². The minimum absolute atomic E-state index is 0.0563. The van der Waals surface area contributed by atoms with Crippen molar-refractivity contribution in [1.82, 2.24) is 5.32 Å². The van der Waals surface area contributed by atoms with Gasteiger partial charge in [0.2, 0.25) is 0 Å². The second-order valence-electron chi connectivity index (χ2n) is 8.81. The van der Waals surface area contributed by atoms with Crippen molar-refractivity contribution in [1.29, 1.82) is 0 Å². The number of benzene rings is 2. The highest BCUT2D eigenvalue weighted by Crippen LogP contribution is 2.36. The maximum absolute atomic E-state index is 13.0. The molecule has 0 spiro atoms. The fraction of sp³-hybridized carbons (Fsp3) is 0.417. The zero-order valence-electron chi connectivity index (χ0n) is 18.9. The zero-order chi connectivity index (χ0) is 23.3. The predicted molar refractivity (Wildman–Crippen MR) is 123 cm³/mol. The van der Waals surface area contributed by atoms with E-state index in [9.17, 15) is 9.59 Å². The molecular formula is C24H31ClN2O4. The van der Waals surface area contributed by atoms with Gasteiger partial charge in [0.15, 0.2) is 18.1 Å². The summed E-state index contributed by atoms with van der Waals surface area (Å²) in [5, 5.41) is 3.24. The zero-order valence-corrected chi connectivity index (χ0v) is 19.7. The number of hydrogen-bond donors (Lipinski definition) is 2. The van der Waals surface area contributed by atoms with Crippen molar-refractivity contribution < 1.29 is 19.1 Å². The molecule has 2 amide bonds. The first-order valence-electron chi connectivity index (χ1n) is 10.1. The Morgan fingerprint density at radius 1 is 1.13 bits per heavy atom. The number of primary amides is 1. The van der Waals surface area contributed by atoms with E-state index in [-0.39, 0.29) is 46.4 Å². The van der Waals surface area contributed by atoms with E-state index < -0.39 is 5.91 Å². The molecule has 0 aliphatic carbocycles. The smallest absolute Gasteiger partial charge is 0.255 e. The Bertz CT molecular complexity index is 934. The van der Waals surface area contributed by atoms with Gasteiger partial charge in [0.25, 0.3) is 11.8 Å². The first-order valence-corrected chi connectivity index (χ1v) is 10.5. The summed E-state index contributed by atoms with van der Waals surface area (Å²) in [6, 6.07) is 11.1. The predicted octanol–water partition coefficient (Wildman–Crippen LogP) is 4.64. The van der Waals surface area contributed by atoms with E-state index in [1.807, 2.05) is 0 Å². The molecule has 0 heterocycles. The van der Waals surface area contributed by atoms with Crippen LogP contribution in [-0.4, -0.2) is 25.5 Å². The highest BCUT2D eigenvalue weighted by Gasteiger charge is 2.23. The molecule has 3 N–H and O–H groups in total. The molecule has 0 aromatic heterocycles. The molecule has 6 nitrogen and oxygen atoms in total. The number of ether oxygens (including phenoxy) is 2. The number of nitrogens with one attached hydrogen (secondary N) is 1. The molecule has 0 bridgehead atoms. The van der Waals surface area contributed by atoms with Crippen molar-refractivity contribution in [3.63, 3.8) is 0 Å². The minimum Gasteiger partial charge on any atom is -0.493 e. The Hall–Kier alpha value is -2.73. The quantitative estimate of drug-likeness (QED) is 0.618. The fourth-order valence-corrected chi connectivity index (χ4v) is 3.45. The van der Waals surface area contributed by atoms with E-state index in [1.54, 1.807) is 0 Å². The molecule has 0 saturated heterocycles. The largest absolute Gasteiger partial charge is 0.493 e. The monoisotopic (exact) mass is 446 g/mol. The fourth-order valence-electron chi connectivity index (χ4n) is 3.18. The van der Waals surface area contributed by atoms with Gasteiger partial charge in [0, 0.05) is 5.56 Å². The van der Waals surface area contributed by atoms with Crippen LogP contribution in [0.3, 0.4) is 0 Å². The lowest BCUT2D eigenvalue weighted by molar-refractivity contribution is -0.119. The van der Waals surface area contributed by atoms with Gasteiger partial charge < -0.3 is 20.5 Å². The normalized spacial score (nSPS) is 12.4. The van der Waals surface area contributed by atoms with E-state index in [4.69, 9.17) is 26.8 Å². The van der Waals surface area contributed by atoms with Crippen LogP contribution >= 0.6 is 11.6 Å². The average molecular weight is 447 g/mol. The van der Waals surface area contributed by atoms with Crippen LogP contribution in [-0.2, 0) is 10.2 Å². The first kappa shape index (κ1) is 24.5. The molecule has 0 fully saturated rings. The Morgan fingerprint density at radius 3 is 2.23 bits per heavy atom. The summed E-state index contributed by atoms with van der Waals surface area (Å²) < 4.78 is 10.6. The maximum atomic E-state index is 13.0. The highest BCUT2D eigenvalue weighted by molar-refractivity contribution is 6.32. The summed E-state index contributed by atoms with van der Waals surface area (Å²) in [5.74, 6) is -0.357. The average Bonchev–Trinajstić information content (AvgIpc) is 2.69. The number of carbonyl (C=O) groups is 2. The van der Waals surface area contributed by atoms with Gasteiger partial charge in [-0.05, 0) is 34.6 Å². The third-order valence-corrected chi connectivity index (χ3v) is 5.22. The highest BCUT2D eigenvalue weighted by atomic mass is 35.5. The Kier molecular flexibility index (Phi) is 7.96. The van der Waals surface area contributed by atoms with Gasteiger partial charge in [0.05, 0.1) is 18.2 Å². The lowest BCUT2D eigenvalue weighted by Gasteiger charge is -2.25. The molecule has 7 heteroatoms. The van der Waals surface area contributed by atoms with Crippen molar-refractivity contribution in [2.24, 2.45) is 11.7 Å². The Labute approximate surface area is 189 Å². The van der Waals surface area contributed by atoms with Gasteiger partial charge in [-0.15, -0.1) is 0 Å². The molecule has 1 unspecified atom stereocenters. The summed E-state index contributed by atoms with van der Waals surface area (Å²) in [4.78, 5) is 24.0. The van der Waals surface area contributed by atoms with Crippen LogP contribution in [0.4, 0.5) is 0 Å². The molecule has 1 atom stereocenters. The number of nitrogens with two attached hydrogens (primary N) is 1. The number of methoxy groups -OCH3 is 1. The van der Waals surface area contributed by atoms with Crippen molar-refractivity contribution in [3.8, 4) is 11.5 Å². The van der Waals surface area contributed by atoms with Crippen molar-refractivity contribution in [2.75, 3.05) is 13.7 Å². The van der Waals surface area contributed by atoms with Crippen LogP contribution in [0.25, 0.3) is 0 Å². The Balaban J connectivity index is 2.28. The SMILES string of the molecule is COc1cc(C(=O)NC(c2ccc(C(C)(C)C)cc2)C(C)C)cc(Cl)c1OCC(N)=O. The molecule has 168 valence electrons. The molecule has 0 aliphatic heterocycles. The van der Waals surface area contributed by atoms with E-state index in [1.165, 1.54) is 24.8 Å². The number of rotatable bonds is 8. The first-order chi connectivity index (χ1) is 14.4. The van der Waals surface area contributed by atoms with Gasteiger partial charge in [-0.2, -0.15) is 0 Å². The molecule has 0 radical (unpaired) electrons. The van der Waals surface area contributed by atoms with Gasteiger partial charge in [-0.3, -0.25) is 9.59 Å². The maximum Gasteiger partial charge on any atom is 0.255 e. The number of amides is 2. The van der Waals surface area contributed by atoms with Gasteiger partial charge in [0.1, 0.15) is 0 Å². The minimum atomic E-state index is -0.641. The van der Waals surface area contributed by atoms with E-state index >= 15 is 0 Å². The van der Waals surface area contributed by atoms with Gasteiger partial charge in [-0.25, -0.2) is 0 Å². The number of carbonyl (C=O) groups excluding carboxylic acids is 2. The lowest BCUT2D eigenvalue weighted by Crippen LogP contribution is -2.32. The molecule has 2 aromatic carbocycles.